The van der Waals surface area contributed by atoms with E-state index in [0.29, 0.717) is 0 Å². The fourth-order valence-electron chi connectivity index (χ4n) is 5.46. The Balaban J connectivity index is 1.16. The molecular formula is C21H23F2N9O10P2S2. The monoisotopic (exact) mass is 725 g/mol. The second-order valence-electron chi connectivity index (χ2n) is 10.5. The van der Waals surface area contributed by atoms with Crippen LogP contribution in [0.25, 0.3) is 11.2 Å². The number of ether oxygens (including phenoxy) is 2. The molecule has 3 fully saturated rings. The van der Waals surface area contributed by atoms with Crippen LogP contribution in [-0.4, -0.2) is 100 Å². The molecule has 4 aliphatic rings. The van der Waals surface area contributed by atoms with Crippen LogP contribution in [0.5, 0.6) is 0 Å². The van der Waals surface area contributed by atoms with Crippen molar-refractivity contribution in [3.8, 4) is 0 Å². The number of carbonyl (C=O) groups excluding carboxylic acids is 1. The van der Waals surface area contributed by atoms with Gasteiger partial charge < -0.3 is 39.8 Å². The topological polar surface area (TPSA) is 259 Å². The number of H-pyrrole nitrogens is 1. The third kappa shape index (κ3) is 5.63. The van der Waals surface area contributed by atoms with Crippen LogP contribution in [0.2, 0.25) is 0 Å². The third-order valence-electron chi connectivity index (χ3n) is 7.47. The highest BCUT2D eigenvalue weighted by atomic mass is 32.5. The van der Waals surface area contributed by atoms with E-state index in [0.717, 1.165) is 21.8 Å². The van der Waals surface area contributed by atoms with E-state index in [2.05, 4.69) is 24.9 Å². The van der Waals surface area contributed by atoms with Gasteiger partial charge in [0.15, 0.2) is 53.3 Å². The van der Waals surface area contributed by atoms with Crippen LogP contribution in [0.4, 0.5) is 20.5 Å². The molecule has 248 valence electrons. The Labute approximate surface area is 265 Å². The fourth-order valence-corrected chi connectivity index (χ4v) is 8.33. The zero-order chi connectivity index (χ0) is 32.7. The summed E-state index contributed by atoms with van der Waals surface area (Å²) in [4.78, 5) is 64.7. The van der Waals surface area contributed by atoms with Crippen LogP contribution in [-0.2, 0) is 51.2 Å². The number of alkyl halides is 2. The first-order valence-corrected chi connectivity index (χ1v) is 18.5. The molecule has 0 bridgehead atoms. The predicted octanol–water partition coefficient (Wildman–Crippen LogP) is -0.105. The maximum Gasteiger partial charge on any atom is 0.325 e. The summed E-state index contributed by atoms with van der Waals surface area (Å²) in [6.45, 7) is -10.0. The predicted molar refractivity (Wildman–Crippen MR) is 157 cm³/mol. The Morgan fingerprint density at radius 1 is 0.935 bits per heavy atom. The second kappa shape index (κ2) is 11.5. The molecule has 25 heteroatoms. The maximum atomic E-state index is 16.0. The quantitative estimate of drug-likeness (QED) is 0.216. The smallest absolute Gasteiger partial charge is 0.325 e. The molecule has 0 aliphatic carbocycles. The lowest BCUT2D eigenvalue weighted by atomic mass is 10.1. The number of amidine groups is 1. The maximum absolute atomic E-state index is 16.0. The van der Waals surface area contributed by atoms with E-state index in [9.17, 15) is 19.4 Å². The average Bonchev–Trinajstić information content (AvgIpc) is 3.72. The molecule has 3 unspecified atom stereocenters. The first-order chi connectivity index (χ1) is 21.7. The molecule has 10 atom stereocenters. The van der Waals surface area contributed by atoms with Gasteiger partial charge in [-0.3, -0.25) is 32.8 Å². The number of imidazole rings is 2. The zero-order valence-corrected chi connectivity index (χ0v) is 26.3. The molecule has 7 rings (SSSR count). The van der Waals surface area contributed by atoms with E-state index >= 15 is 8.78 Å². The van der Waals surface area contributed by atoms with Gasteiger partial charge in [-0.25, -0.2) is 23.7 Å². The minimum Gasteiger partial charge on any atom is -0.387 e. The van der Waals surface area contributed by atoms with Gasteiger partial charge in [0.1, 0.15) is 30.3 Å². The molecule has 0 radical (unpaired) electrons. The summed E-state index contributed by atoms with van der Waals surface area (Å²) in [7, 11) is 0. The number of aromatic amines is 1. The minimum absolute atomic E-state index is 0.0208. The molecule has 3 aromatic heterocycles. The van der Waals surface area contributed by atoms with Crippen LogP contribution >= 0.6 is 13.4 Å². The number of aromatic nitrogens is 6. The van der Waals surface area contributed by atoms with Crippen LogP contribution in [0, 0.1) is 0 Å². The Morgan fingerprint density at radius 2 is 1.50 bits per heavy atom. The van der Waals surface area contributed by atoms with Gasteiger partial charge in [0.05, 0.1) is 32.3 Å². The number of Topliss-reactive ketones (excluding diaryl/α,β-unsaturated/α-hetero) is 1. The fraction of sp³-hybridized carbons (Fsp3) is 0.524. The molecule has 0 spiro atoms. The number of ketones is 1. The molecular weight excluding hydrogens is 702 g/mol. The van der Waals surface area contributed by atoms with E-state index in [1.54, 1.807) is 0 Å². The van der Waals surface area contributed by atoms with Gasteiger partial charge in [0, 0.05) is 0 Å². The average molecular weight is 726 g/mol. The summed E-state index contributed by atoms with van der Waals surface area (Å²) in [5, 5.41) is 0. The second-order valence-corrected chi connectivity index (χ2v) is 16.1. The summed E-state index contributed by atoms with van der Waals surface area (Å²) in [6.07, 6.45) is -11.4. The highest BCUT2D eigenvalue weighted by Crippen LogP contribution is 2.54. The summed E-state index contributed by atoms with van der Waals surface area (Å²) in [5.41, 5.74) is 10.4. The van der Waals surface area contributed by atoms with Crippen LogP contribution in [0.15, 0.2) is 22.4 Å². The minimum atomic E-state index is -4.33. The zero-order valence-electron chi connectivity index (χ0n) is 22.9. The van der Waals surface area contributed by atoms with Crippen molar-refractivity contribution >= 4 is 71.6 Å². The van der Waals surface area contributed by atoms with Crippen molar-refractivity contribution in [1.29, 1.82) is 0 Å². The molecule has 4 aliphatic heterocycles. The first-order valence-electron chi connectivity index (χ1n) is 13.3. The summed E-state index contributed by atoms with van der Waals surface area (Å²) in [6, 6.07) is 0. The number of anilines is 1. The Hall–Kier alpha value is -2.66. The van der Waals surface area contributed by atoms with Crippen LogP contribution < -0.4 is 17.0 Å². The van der Waals surface area contributed by atoms with Crippen molar-refractivity contribution in [1.82, 2.24) is 29.1 Å². The molecule has 0 saturated carbocycles. The van der Waals surface area contributed by atoms with E-state index in [4.69, 9.17) is 62.6 Å². The number of aliphatic imine (C=N–C) groups is 1. The lowest BCUT2D eigenvalue weighted by Crippen LogP contribution is -2.37. The van der Waals surface area contributed by atoms with Gasteiger partial charge in [-0.2, -0.15) is 4.98 Å². The number of hydrogen-bond acceptors (Lipinski definition) is 16. The number of rotatable bonds is 2. The van der Waals surface area contributed by atoms with Crippen molar-refractivity contribution in [2.24, 2.45) is 10.7 Å². The molecule has 3 aromatic rings. The number of halogens is 2. The van der Waals surface area contributed by atoms with Crippen molar-refractivity contribution in [3.63, 3.8) is 0 Å². The first kappa shape index (κ1) is 31.9. The van der Waals surface area contributed by atoms with Gasteiger partial charge in [0.2, 0.25) is 5.95 Å². The highest BCUT2D eigenvalue weighted by molar-refractivity contribution is 8.07. The van der Waals surface area contributed by atoms with Crippen molar-refractivity contribution in [2.75, 3.05) is 18.9 Å². The number of nitrogen functional groups attached to an aromatic ring is 1. The largest absolute Gasteiger partial charge is 0.387 e. The normalized spacial score (nSPS) is 38.4. The van der Waals surface area contributed by atoms with Gasteiger partial charge in [0.25, 0.3) is 5.56 Å². The number of carbonyl (C=O) groups is 1. The number of nitrogens with one attached hydrogen (secondary N) is 1. The van der Waals surface area contributed by atoms with E-state index in [1.807, 2.05) is 0 Å². The van der Waals surface area contributed by atoms with Gasteiger partial charge in [-0.15, -0.1) is 0 Å². The lowest BCUT2D eigenvalue weighted by molar-refractivity contribution is -0.0586. The summed E-state index contributed by atoms with van der Waals surface area (Å²) >= 11 is 10.3. The Bertz CT molecular complexity index is 1930. The van der Waals surface area contributed by atoms with Gasteiger partial charge >= 0.3 is 13.4 Å². The molecule has 46 heavy (non-hydrogen) atoms. The Morgan fingerprint density at radius 3 is 2.11 bits per heavy atom. The summed E-state index contributed by atoms with van der Waals surface area (Å²) < 4.78 is 67.8. The molecule has 7 N–H and O–H groups in total. The van der Waals surface area contributed by atoms with Crippen LogP contribution in [0.3, 0.4) is 0 Å². The number of nitrogens with two attached hydrogens (primary N) is 2. The van der Waals surface area contributed by atoms with E-state index < -0.39 is 87.2 Å². The molecule has 7 heterocycles. The number of hydrogen-bond donors (Lipinski definition) is 5. The van der Waals surface area contributed by atoms with E-state index in [-0.39, 0.29) is 40.9 Å². The number of fused-ring (bicyclic) bond motifs is 4. The number of nitrogens with zero attached hydrogens (tertiary/aromatic N) is 6. The van der Waals surface area contributed by atoms with E-state index in [1.165, 1.54) is 0 Å². The van der Waals surface area contributed by atoms with Crippen molar-refractivity contribution in [3.05, 3.63) is 28.7 Å². The highest BCUT2D eigenvalue weighted by Gasteiger charge is 2.54. The molecule has 0 amide bonds. The Kier molecular flexibility index (Phi) is 7.98. The standard InChI is InChI=1S/C21H23F2N9O10P2S2/c22-10-14-7(39-19(10)31-4-26-12-6(33)1-9(24)28-16(12)31)2-37-44(36,46)42-15-8(3-38-43(35,45)41-14)40-20(11(15)23)32-5-27-13-17(32)29-21(25)30-18(13)34/h4-5,7-8,10-11,14-15,19-20H,1-3H2,(H2,24,28)(H,35,45)(H,36,46)(H3,25,29,30,34)/t7-,8-,10-,11-,14-,15?,19-,20-,43?,44?/m1/s1. The lowest BCUT2D eigenvalue weighted by Gasteiger charge is -2.29. The van der Waals surface area contributed by atoms with Gasteiger partial charge in [-0.1, -0.05) is 0 Å². The third-order valence-corrected chi connectivity index (χ3v) is 10.6. The molecule has 0 aromatic carbocycles. The SMILES string of the molecule is NC1=Nc2c(ncn2[C@@H]2O[C@@H]3COP(O)(=S)OC4[C@@H](F)[C@H](n5cnc6c(=O)[nH]c(N)nc65)O[C@@H]4COP(O)(=S)O[C@H]3[C@H]2F)C(=O)C1. The summed E-state index contributed by atoms with van der Waals surface area (Å²) in [5.74, 6) is -0.783. The van der Waals surface area contributed by atoms with Gasteiger partial charge in [-0.05, 0) is 23.6 Å². The van der Waals surface area contributed by atoms with Crippen molar-refractivity contribution in [2.45, 2.75) is 55.6 Å². The van der Waals surface area contributed by atoms with Crippen LogP contribution in [0.1, 0.15) is 29.4 Å². The van der Waals surface area contributed by atoms with Crippen molar-refractivity contribution < 1.29 is 50.9 Å². The molecule has 19 nitrogen and oxygen atoms in total. The molecule has 3 saturated heterocycles.